The lowest BCUT2D eigenvalue weighted by atomic mass is 9.81. The minimum absolute atomic E-state index is 0.164. The van der Waals surface area contributed by atoms with Crippen molar-refractivity contribution in [1.82, 2.24) is 4.72 Å². The van der Waals surface area contributed by atoms with E-state index in [1.54, 1.807) is 7.11 Å². The van der Waals surface area contributed by atoms with Crippen molar-refractivity contribution in [2.45, 2.75) is 37.4 Å². The molecule has 1 aromatic carbocycles. The molecule has 1 N–H and O–H groups in total. The number of para-hydroxylation sites is 1. The van der Waals surface area contributed by atoms with Crippen LogP contribution in [0.5, 0.6) is 5.75 Å². The predicted octanol–water partition coefficient (Wildman–Crippen LogP) is 2.10. The molecular weight excluding hydrogens is 274 g/mol. The number of nitrogens with one attached hydrogen (secondary N) is 1. The molecule has 2 aliphatic carbocycles. The van der Waals surface area contributed by atoms with Gasteiger partial charge in [-0.1, -0.05) is 18.2 Å². The van der Waals surface area contributed by atoms with Crippen molar-refractivity contribution in [3.8, 4) is 5.75 Å². The van der Waals surface area contributed by atoms with Crippen LogP contribution in [0.2, 0.25) is 0 Å². The Balaban J connectivity index is 1.52. The van der Waals surface area contributed by atoms with Crippen LogP contribution in [0.4, 0.5) is 0 Å². The van der Waals surface area contributed by atoms with Crippen LogP contribution in [0.3, 0.4) is 0 Å². The molecule has 0 heterocycles. The maximum Gasteiger partial charge on any atom is 0.214 e. The monoisotopic (exact) mass is 295 g/mol. The Morgan fingerprint density at radius 2 is 2.00 bits per heavy atom. The van der Waals surface area contributed by atoms with Gasteiger partial charge in [0.2, 0.25) is 10.0 Å². The van der Waals surface area contributed by atoms with Gasteiger partial charge in [0.15, 0.2) is 0 Å². The van der Waals surface area contributed by atoms with Gasteiger partial charge in [-0.05, 0) is 49.1 Å². The SMILES string of the molecule is COc1ccccc1CCNS(=O)(=O)C1CC2(CC2)C1. The molecule has 20 heavy (non-hydrogen) atoms. The van der Waals surface area contributed by atoms with Gasteiger partial charge in [-0.2, -0.15) is 0 Å². The maximum absolute atomic E-state index is 12.1. The van der Waals surface area contributed by atoms with Crippen LogP contribution in [0.15, 0.2) is 24.3 Å². The van der Waals surface area contributed by atoms with Crippen molar-refractivity contribution < 1.29 is 13.2 Å². The Labute approximate surface area is 120 Å². The first-order chi connectivity index (χ1) is 9.55. The molecular formula is C15H21NO3S. The first-order valence-electron chi connectivity index (χ1n) is 7.15. The number of ether oxygens (including phenoxy) is 1. The summed E-state index contributed by atoms with van der Waals surface area (Å²) in [5.41, 5.74) is 1.45. The van der Waals surface area contributed by atoms with Gasteiger partial charge in [-0.15, -0.1) is 0 Å². The van der Waals surface area contributed by atoms with Crippen molar-refractivity contribution in [3.05, 3.63) is 29.8 Å². The highest BCUT2D eigenvalue weighted by Gasteiger charge is 2.56. The number of benzene rings is 1. The highest BCUT2D eigenvalue weighted by atomic mass is 32.2. The van der Waals surface area contributed by atoms with Crippen molar-refractivity contribution in [2.24, 2.45) is 5.41 Å². The van der Waals surface area contributed by atoms with E-state index in [4.69, 9.17) is 4.74 Å². The van der Waals surface area contributed by atoms with Gasteiger partial charge in [0.25, 0.3) is 0 Å². The average Bonchev–Trinajstić information content (AvgIpc) is 3.18. The molecule has 0 atom stereocenters. The molecule has 2 fully saturated rings. The van der Waals surface area contributed by atoms with Crippen molar-refractivity contribution in [1.29, 1.82) is 0 Å². The number of hydrogen-bond acceptors (Lipinski definition) is 3. The molecule has 110 valence electrons. The van der Waals surface area contributed by atoms with E-state index >= 15 is 0 Å². The molecule has 2 saturated carbocycles. The molecule has 0 unspecified atom stereocenters. The molecule has 0 amide bonds. The van der Waals surface area contributed by atoms with E-state index in [0.717, 1.165) is 24.2 Å². The normalized spacial score (nSPS) is 20.6. The molecule has 2 aliphatic rings. The van der Waals surface area contributed by atoms with Gasteiger partial charge >= 0.3 is 0 Å². The van der Waals surface area contributed by atoms with Crippen LogP contribution in [0, 0.1) is 5.41 Å². The summed E-state index contributed by atoms with van der Waals surface area (Å²) < 4.78 is 32.3. The van der Waals surface area contributed by atoms with Crippen LogP contribution < -0.4 is 9.46 Å². The zero-order valence-corrected chi connectivity index (χ0v) is 12.6. The minimum Gasteiger partial charge on any atom is -0.496 e. The Morgan fingerprint density at radius 1 is 1.30 bits per heavy atom. The van der Waals surface area contributed by atoms with E-state index < -0.39 is 10.0 Å². The van der Waals surface area contributed by atoms with Gasteiger partial charge in [-0.3, -0.25) is 0 Å². The van der Waals surface area contributed by atoms with Gasteiger partial charge in [-0.25, -0.2) is 13.1 Å². The number of rotatable bonds is 6. The smallest absolute Gasteiger partial charge is 0.214 e. The summed E-state index contributed by atoms with van der Waals surface area (Å²) in [6, 6.07) is 7.72. The standard InChI is InChI=1S/C15H21NO3S/c1-19-14-5-3-2-4-12(14)6-9-16-20(17,18)13-10-15(11-13)7-8-15/h2-5,13,16H,6-11H2,1H3. The Morgan fingerprint density at radius 3 is 2.65 bits per heavy atom. The zero-order chi connectivity index (χ0) is 14.2. The number of hydrogen-bond donors (Lipinski definition) is 1. The molecule has 0 aromatic heterocycles. The van der Waals surface area contributed by atoms with E-state index in [1.807, 2.05) is 24.3 Å². The molecule has 0 bridgehead atoms. The lowest BCUT2D eigenvalue weighted by molar-refractivity contribution is 0.288. The fourth-order valence-corrected chi connectivity index (χ4v) is 4.83. The molecule has 0 saturated heterocycles. The summed E-state index contributed by atoms with van der Waals surface area (Å²) in [5.74, 6) is 0.812. The van der Waals surface area contributed by atoms with Crippen LogP contribution in [0.25, 0.3) is 0 Å². The largest absolute Gasteiger partial charge is 0.496 e. The van der Waals surface area contributed by atoms with Crippen molar-refractivity contribution in [3.63, 3.8) is 0 Å². The fourth-order valence-electron chi connectivity index (χ4n) is 3.07. The first-order valence-corrected chi connectivity index (χ1v) is 8.70. The topological polar surface area (TPSA) is 55.4 Å². The highest BCUT2D eigenvalue weighted by Crippen LogP contribution is 2.62. The summed E-state index contributed by atoms with van der Waals surface area (Å²) in [4.78, 5) is 0. The van der Waals surface area contributed by atoms with E-state index in [0.29, 0.717) is 18.4 Å². The van der Waals surface area contributed by atoms with Gasteiger partial charge < -0.3 is 4.74 Å². The van der Waals surface area contributed by atoms with Crippen LogP contribution in [-0.4, -0.2) is 27.3 Å². The Bertz CT molecular complexity index is 585. The van der Waals surface area contributed by atoms with Crippen molar-refractivity contribution >= 4 is 10.0 Å². The quantitative estimate of drug-likeness (QED) is 0.874. The van der Waals surface area contributed by atoms with E-state index in [-0.39, 0.29) is 5.25 Å². The third kappa shape index (κ3) is 2.69. The molecule has 5 heteroatoms. The summed E-state index contributed by atoms with van der Waals surface area (Å²) in [6.45, 7) is 0.437. The molecule has 1 aromatic rings. The molecule has 1 spiro atoms. The number of sulfonamides is 1. The Hall–Kier alpha value is -1.07. The van der Waals surface area contributed by atoms with Gasteiger partial charge in [0.1, 0.15) is 5.75 Å². The van der Waals surface area contributed by atoms with Gasteiger partial charge in [0.05, 0.1) is 12.4 Å². The minimum atomic E-state index is -3.14. The summed E-state index contributed by atoms with van der Waals surface area (Å²) in [5, 5.41) is -0.164. The third-order valence-corrected chi connectivity index (χ3v) is 6.42. The second kappa shape index (κ2) is 5.04. The highest BCUT2D eigenvalue weighted by molar-refractivity contribution is 7.90. The second-order valence-electron chi connectivity index (χ2n) is 6.03. The van der Waals surface area contributed by atoms with E-state index in [9.17, 15) is 8.42 Å². The zero-order valence-electron chi connectivity index (χ0n) is 11.8. The summed E-state index contributed by atoms with van der Waals surface area (Å²) in [6.07, 6.45) is 4.82. The molecule has 0 aliphatic heterocycles. The van der Waals surface area contributed by atoms with Gasteiger partial charge in [0, 0.05) is 6.54 Å². The van der Waals surface area contributed by atoms with Crippen LogP contribution in [0.1, 0.15) is 31.2 Å². The third-order valence-electron chi connectivity index (χ3n) is 4.61. The van der Waals surface area contributed by atoms with E-state index in [2.05, 4.69) is 4.72 Å². The molecule has 0 radical (unpaired) electrons. The van der Waals surface area contributed by atoms with Crippen LogP contribution >= 0.6 is 0 Å². The van der Waals surface area contributed by atoms with Crippen molar-refractivity contribution in [2.75, 3.05) is 13.7 Å². The van der Waals surface area contributed by atoms with E-state index in [1.165, 1.54) is 12.8 Å². The Kier molecular flexibility index (Phi) is 3.50. The molecule has 3 rings (SSSR count). The molecule has 4 nitrogen and oxygen atoms in total. The second-order valence-corrected chi connectivity index (χ2v) is 8.08. The summed E-state index contributed by atoms with van der Waals surface area (Å²) in [7, 11) is -1.50. The lowest BCUT2D eigenvalue weighted by Gasteiger charge is -2.35. The average molecular weight is 295 g/mol. The summed E-state index contributed by atoms with van der Waals surface area (Å²) >= 11 is 0. The number of methoxy groups -OCH3 is 1. The van der Waals surface area contributed by atoms with Crippen LogP contribution in [-0.2, 0) is 16.4 Å². The first kappa shape index (κ1) is 13.9. The lowest BCUT2D eigenvalue weighted by Crippen LogP contribution is -2.44. The predicted molar refractivity (Wildman–Crippen MR) is 78.3 cm³/mol. The fraction of sp³-hybridized carbons (Fsp3) is 0.600. The maximum atomic E-state index is 12.1.